The van der Waals surface area contributed by atoms with Crippen LogP contribution in [0.2, 0.25) is 0 Å². The van der Waals surface area contributed by atoms with Gasteiger partial charge in [0.2, 0.25) is 5.91 Å². The number of hydrogen-bond acceptors (Lipinski definition) is 6. The fourth-order valence-electron chi connectivity index (χ4n) is 1.70. The largest absolute Gasteiger partial charge is 0.353 e. The van der Waals surface area contributed by atoms with Crippen LogP contribution in [0.25, 0.3) is 0 Å². The molecule has 0 aliphatic carbocycles. The van der Waals surface area contributed by atoms with E-state index < -0.39 is 0 Å². The lowest BCUT2D eigenvalue weighted by Gasteiger charge is -2.01. The van der Waals surface area contributed by atoms with Crippen LogP contribution in [-0.4, -0.2) is 46.4 Å². The molecule has 2 heterocycles. The third-order valence-electron chi connectivity index (χ3n) is 3.14. The molecule has 26 heavy (non-hydrogen) atoms. The normalized spacial score (nSPS) is 9.12. The number of anilines is 1. The Morgan fingerprint density at radius 1 is 1.35 bits per heavy atom. The average molecular weight is 369 g/mol. The highest BCUT2D eigenvalue weighted by molar-refractivity contribution is 5.90. The SMILES string of the molecule is CNCCC(=O)Nc1cc(C)n(C)c1.Cn1ccnc1C=O.O=COF. The Hall–Kier alpha value is -3.01. The first-order chi connectivity index (χ1) is 12.4. The second-order valence-electron chi connectivity index (χ2n) is 5.08. The lowest BCUT2D eigenvalue weighted by atomic mass is 10.3. The molecular formula is C16H24FN5O4. The number of halogens is 1. The molecule has 2 aromatic rings. The van der Waals surface area contributed by atoms with Crippen LogP contribution in [-0.2, 0) is 28.6 Å². The van der Waals surface area contributed by atoms with Gasteiger partial charge in [-0.1, -0.05) is 0 Å². The van der Waals surface area contributed by atoms with E-state index in [-0.39, 0.29) is 12.4 Å². The van der Waals surface area contributed by atoms with Gasteiger partial charge in [0.05, 0.1) is 5.69 Å². The number of carbonyl (C=O) groups excluding carboxylic acids is 3. The van der Waals surface area contributed by atoms with E-state index in [4.69, 9.17) is 4.79 Å². The van der Waals surface area contributed by atoms with Crippen LogP contribution in [0, 0.1) is 6.92 Å². The highest BCUT2D eigenvalue weighted by atomic mass is 19.3. The number of hydrogen-bond donors (Lipinski definition) is 2. The second-order valence-corrected chi connectivity index (χ2v) is 5.08. The summed E-state index contributed by atoms with van der Waals surface area (Å²) in [4.78, 5) is 36.0. The number of aldehydes is 1. The van der Waals surface area contributed by atoms with Gasteiger partial charge in [-0.2, -0.15) is 0 Å². The monoisotopic (exact) mass is 369 g/mol. The zero-order chi connectivity index (χ0) is 19.9. The standard InChI is InChI=1S/C10H17N3O.C5H6N2O.CHFO2/c1-8-6-9(7-13(8)3)12-10(14)4-5-11-2;1-7-3-2-6-5(7)4-8;2-4-1-3/h6-7,11H,4-5H2,1-3H3,(H,12,14);2-4H,1H3;1H. The van der Waals surface area contributed by atoms with E-state index in [1.54, 1.807) is 24.0 Å². The number of nitrogens with one attached hydrogen (secondary N) is 2. The maximum Gasteiger partial charge on any atom is 0.337 e. The molecule has 1 amide bonds. The van der Waals surface area contributed by atoms with E-state index in [1.807, 2.05) is 37.8 Å². The molecule has 0 aromatic carbocycles. The molecule has 0 atom stereocenters. The summed E-state index contributed by atoms with van der Waals surface area (Å²) in [5.41, 5.74) is 2.00. The highest BCUT2D eigenvalue weighted by Crippen LogP contribution is 2.11. The third-order valence-corrected chi connectivity index (χ3v) is 3.14. The number of nitrogens with zero attached hydrogens (tertiary/aromatic N) is 3. The number of imidazole rings is 1. The van der Waals surface area contributed by atoms with Crippen molar-refractivity contribution in [2.45, 2.75) is 13.3 Å². The van der Waals surface area contributed by atoms with Crippen molar-refractivity contribution in [2.24, 2.45) is 14.1 Å². The van der Waals surface area contributed by atoms with Crippen LogP contribution in [0.15, 0.2) is 24.7 Å². The molecule has 0 aliphatic rings. The molecule has 0 saturated heterocycles. The van der Waals surface area contributed by atoms with Gasteiger partial charge in [-0.25, -0.2) is 4.98 Å². The summed E-state index contributed by atoms with van der Waals surface area (Å²) in [6, 6.07) is 1.96. The lowest BCUT2D eigenvalue weighted by Crippen LogP contribution is -2.18. The van der Waals surface area contributed by atoms with E-state index in [9.17, 15) is 14.1 Å². The topological polar surface area (TPSA) is 107 Å². The van der Waals surface area contributed by atoms with Crippen molar-refractivity contribution in [1.82, 2.24) is 19.4 Å². The van der Waals surface area contributed by atoms with Crippen molar-refractivity contribution in [2.75, 3.05) is 18.9 Å². The summed E-state index contributed by atoms with van der Waals surface area (Å²) < 4.78 is 13.5. The minimum atomic E-state index is -0.292. The minimum Gasteiger partial charge on any atom is -0.353 e. The Morgan fingerprint density at radius 3 is 2.35 bits per heavy atom. The van der Waals surface area contributed by atoms with Gasteiger partial charge in [-0.15, -0.1) is 0 Å². The molecule has 0 unspecified atom stereocenters. The van der Waals surface area contributed by atoms with Gasteiger partial charge in [-0.05, 0) is 20.0 Å². The fourth-order valence-corrected chi connectivity index (χ4v) is 1.70. The minimum absolute atomic E-state index is 0.0463. The maximum absolute atomic E-state index is 11.3. The number of aryl methyl sites for hydroxylation is 3. The second kappa shape index (κ2) is 13.3. The van der Waals surface area contributed by atoms with Gasteiger partial charge >= 0.3 is 6.47 Å². The Bertz CT molecular complexity index is 664. The van der Waals surface area contributed by atoms with E-state index in [0.717, 1.165) is 17.7 Å². The van der Waals surface area contributed by atoms with Crippen molar-refractivity contribution in [3.05, 3.63) is 36.2 Å². The van der Waals surface area contributed by atoms with Crippen molar-refractivity contribution >= 4 is 24.4 Å². The number of rotatable bonds is 6. The summed E-state index contributed by atoms with van der Waals surface area (Å²) >= 11 is 0. The highest BCUT2D eigenvalue weighted by Gasteiger charge is 2.03. The van der Waals surface area contributed by atoms with Crippen LogP contribution < -0.4 is 10.6 Å². The molecule has 9 nitrogen and oxygen atoms in total. The number of aromatic nitrogens is 3. The zero-order valence-electron chi connectivity index (χ0n) is 15.2. The molecule has 0 aliphatic heterocycles. The van der Waals surface area contributed by atoms with Gasteiger partial charge in [0, 0.05) is 55.9 Å². The number of amides is 1. The predicted octanol–water partition coefficient (Wildman–Crippen LogP) is 1.16. The van der Waals surface area contributed by atoms with Gasteiger partial charge in [-0.3, -0.25) is 19.3 Å². The van der Waals surface area contributed by atoms with Crippen LogP contribution >= 0.6 is 0 Å². The third kappa shape index (κ3) is 9.33. The molecule has 2 rings (SSSR count). The molecule has 2 N–H and O–H groups in total. The molecule has 2 aromatic heterocycles. The average Bonchev–Trinajstić information content (AvgIpc) is 3.18. The van der Waals surface area contributed by atoms with Gasteiger partial charge in [0.1, 0.15) is 0 Å². The van der Waals surface area contributed by atoms with Gasteiger partial charge in [0.15, 0.2) is 12.1 Å². The Kier molecular flexibility index (Phi) is 11.8. The maximum atomic E-state index is 11.3. The van der Waals surface area contributed by atoms with Crippen molar-refractivity contribution < 1.29 is 23.9 Å². The van der Waals surface area contributed by atoms with E-state index >= 15 is 0 Å². The Morgan fingerprint density at radius 2 is 2.00 bits per heavy atom. The molecule has 0 saturated carbocycles. The first-order valence-corrected chi connectivity index (χ1v) is 7.60. The summed E-state index contributed by atoms with van der Waals surface area (Å²) in [5.74, 6) is 0.509. The molecule has 0 spiro atoms. The molecular weight excluding hydrogens is 345 g/mol. The fraction of sp³-hybridized carbons (Fsp3) is 0.375. The first kappa shape index (κ1) is 23.0. The summed E-state index contributed by atoms with van der Waals surface area (Å²) in [5, 5.41) is 5.77. The molecule has 144 valence electrons. The summed E-state index contributed by atoms with van der Waals surface area (Å²) in [6.07, 6.45) is 6.45. The quantitative estimate of drug-likeness (QED) is 0.740. The van der Waals surface area contributed by atoms with Crippen LogP contribution in [0.5, 0.6) is 0 Å². The Balaban J connectivity index is 0.000000437. The van der Waals surface area contributed by atoms with E-state index in [0.29, 0.717) is 18.8 Å². The van der Waals surface area contributed by atoms with Gasteiger partial charge < -0.3 is 19.8 Å². The smallest absolute Gasteiger partial charge is 0.337 e. The van der Waals surface area contributed by atoms with E-state index in [2.05, 4.69) is 20.6 Å². The molecule has 0 fully saturated rings. The predicted molar refractivity (Wildman–Crippen MR) is 94.2 cm³/mol. The molecule has 0 bridgehead atoms. The summed E-state index contributed by atoms with van der Waals surface area (Å²) in [6.45, 7) is 2.42. The molecule has 0 radical (unpaired) electrons. The van der Waals surface area contributed by atoms with Crippen LogP contribution in [0.3, 0.4) is 0 Å². The van der Waals surface area contributed by atoms with Crippen molar-refractivity contribution in [3.8, 4) is 0 Å². The van der Waals surface area contributed by atoms with Crippen LogP contribution in [0.4, 0.5) is 10.2 Å². The number of carbonyl (C=O) groups is 3. The zero-order valence-corrected chi connectivity index (χ0v) is 15.2. The molecule has 10 heteroatoms. The Labute approximate surface area is 151 Å². The van der Waals surface area contributed by atoms with Crippen LogP contribution in [0.1, 0.15) is 22.7 Å². The van der Waals surface area contributed by atoms with Gasteiger partial charge in [0.25, 0.3) is 0 Å². The van der Waals surface area contributed by atoms with Crippen molar-refractivity contribution in [3.63, 3.8) is 0 Å². The van der Waals surface area contributed by atoms with E-state index in [1.165, 1.54) is 0 Å². The lowest BCUT2D eigenvalue weighted by molar-refractivity contribution is -0.165. The first-order valence-electron chi connectivity index (χ1n) is 7.60. The van der Waals surface area contributed by atoms with Crippen molar-refractivity contribution in [1.29, 1.82) is 0 Å². The summed E-state index contributed by atoms with van der Waals surface area (Å²) in [7, 11) is 5.56.